The molecule has 0 spiro atoms. The predicted octanol–water partition coefficient (Wildman–Crippen LogP) is 12.0. The molecule has 2 atom stereocenters. The third kappa shape index (κ3) is 36.1. The maximum atomic E-state index is 12.5. The SMILES string of the molecule is CCCCCC/C=C\CCCCCCCC(=O)NC(CS(=O)(=O)O)C(O)/C=C/CCCCCCCCCCCCCCCCCCCC. The van der Waals surface area contributed by atoms with E-state index in [-0.39, 0.29) is 12.3 Å². The number of nitrogens with one attached hydrogen (secondary N) is 1. The molecule has 0 rings (SSSR count). The summed E-state index contributed by atoms with van der Waals surface area (Å²) in [6.45, 7) is 4.51. The molecule has 0 fully saturated rings. The molecule has 0 heterocycles. The van der Waals surface area contributed by atoms with Crippen molar-refractivity contribution in [2.75, 3.05) is 5.75 Å². The van der Waals surface area contributed by atoms with Gasteiger partial charge in [0.1, 0.15) is 0 Å². The van der Waals surface area contributed by atoms with Crippen molar-refractivity contribution in [2.24, 2.45) is 0 Å². The highest BCUT2D eigenvalue weighted by Crippen LogP contribution is 2.15. The molecule has 48 heavy (non-hydrogen) atoms. The molecule has 1 amide bonds. The fraction of sp³-hybridized carbons (Fsp3) is 0.878. The van der Waals surface area contributed by atoms with Gasteiger partial charge in [-0.05, 0) is 44.9 Å². The average molecular weight is 698 g/mol. The number of amides is 1. The van der Waals surface area contributed by atoms with Gasteiger partial charge in [-0.2, -0.15) is 8.42 Å². The first kappa shape index (κ1) is 46.8. The van der Waals surface area contributed by atoms with Gasteiger partial charge in [-0.1, -0.05) is 186 Å². The Morgan fingerprint density at radius 1 is 0.542 bits per heavy atom. The summed E-state index contributed by atoms with van der Waals surface area (Å²) in [7, 11) is -4.34. The smallest absolute Gasteiger partial charge is 0.267 e. The molecule has 0 saturated heterocycles. The summed E-state index contributed by atoms with van der Waals surface area (Å²) in [5.41, 5.74) is 0. The Labute approximate surface area is 298 Å². The van der Waals surface area contributed by atoms with Crippen LogP contribution in [0.25, 0.3) is 0 Å². The molecule has 0 saturated carbocycles. The molecule has 0 aliphatic heterocycles. The second-order valence-electron chi connectivity index (χ2n) is 14.3. The van der Waals surface area contributed by atoms with Crippen LogP contribution in [0.2, 0.25) is 0 Å². The minimum Gasteiger partial charge on any atom is -0.387 e. The van der Waals surface area contributed by atoms with E-state index in [1.54, 1.807) is 6.08 Å². The summed E-state index contributed by atoms with van der Waals surface area (Å²) >= 11 is 0. The molecule has 0 aliphatic rings. The first-order valence-electron chi connectivity index (χ1n) is 20.5. The number of hydrogen-bond donors (Lipinski definition) is 3. The topological polar surface area (TPSA) is 104 Å². The molecule has 0 aromatic carbocycles. The third-order valence-corrected chi connectivity index (χ3v) is 10.2. The van der Waals surface area contributed by atoms with Gasteiger partial charge in [0.2, 0.25) is 5.91 Å². The number of carbonyl (C=O) groups excluding carboxylic acids is 1. The lowest BCUT2D eigenvalue weighted by Crippen LogP contribution is -2.46. The number of unbranched alkanes of at least 4 members (excludes halogenated alkanes) is 27. The second kappa shape index (κ2) is 35.6. The largest absolute Gasteiger partial charge is 0.387 e. The number of carbonyl (C=O) groups is 1. The van der Waals surface area contributed by atoms with E-state index in [4.69, 9.17) is 0 Å². The molecule has 2 unspecified atom stereocenters. The van der Waals surface area contributed by atoms with Gasteiger partial charge in [0.05, 0.1) is 17.9 Å². The van der Waals surface area contributed by atoms with Gasteiger partial charge in [-0.3, -0.25) is 9.35 Å². The fourth-order valence-corrected chi connectivity index (χ4v) is 7.00. The molecule has 7 heteroatoms. The molecule has 3 N–H and O–H groups in total. The summed E-state index contributed by atoms with van der Waals surface area (Å²) in [6, 6.07) is -1.06. The Kier molecular flexibility index (Phi) is 34.8. The zero-order valence-electron chi connectivity index (χ0n) is 31.6. The van der Waals surface area contributed by atoms with E-state index < -0.39 is 28.0 Å². The van der Waals surface area contributed by atoms with E-state index in [0.717, 1.165) is 57.8 Å². The lowest BCUT2D eigenvalue weighted by atomic mass is 10.0. The van der Waals surface area contributed by atoms with Crippen LogP contribution in [0.1, 0.15) is 213 Å². The van der Waals surface area contributed by atoms with Gasteiger partial charge in [-0.25, -0.2) is 0 Å². The second-order valence-corrected chi connectivity index (χ2v) is 15.8. The number of aliphatic hydroxyl groups excluding tert-OH is 1. The molecule has 0 bridgehead atoms. The molecule has 0 radical (unpaired) electrons. The highest BCUT2D eigenvalue weighted by molar-refractivity contribution is 7.85. The van der Waals surface area contributed by atoms with Crippen molar-refractivity contribution in [3.8, 4) is 0 Å². The van der Waals surface area contributed by atoms with Crippen LogP contribution in [0.5, 0.6) is 0 Å². The normalized spacial score (nSPS) is 13.5. The van der Waals surface area contributed by atoms with Crippen molar-refractivity contribution in [3.05, 3.63) is 24.3 Å². The highest BCUT2D eigenvalue weighted by Gasteiger charge is 2.24. The number of aliphatic hydroxyl groups is 1. The quantitative estimate of drug-likeness (QED) is 0.0340. The molecule has 0 aliphatic carbocycles. The number of rotatable bonds is 37. The van der Waals surface area contributed by atoms with Gasteiger partial charge in [0, 0.05) is 6.42 Å². The van der Waals surface area contributed by atoms with Crippen LogP contribution in [0.4, 0.5) is 0 Å². The summed E-state index contributed by atoms with van der Waals surface area (Å²) in [6.07, 6.45) is 44.5. The lowest BCUT2D eigenvalue weighted by Gasteiger charge is -2.21. The van der Waals surface area contributed by atoms with Crippen LogP contribution in [0.3, 0.4) is 0 Å². The van der Waals surface area contributed by atoms with Gasteiger partial charge >= 0.3 is 0 Å². The maximum absolute atomic E-state index is 12.5. The minimum atomic E-state index is -4.34. The third-order valence-electron chi connectivity index (χ3n) is 9.37. The molecule has 0 aromatic heterocycles. The first-order valence-corrected chi connectivity index (χ1v) is 22.1. The van der Waals surface area contributed by atoms with Gasteiger partial charge in [0.25, 0.3) is 10.1 Å². The molecular weight excluding hydrogens is 619 g/mol. The molecule has 6 nitrogen and oxygen atoms in total. The zero-order chi connectivity index (χ0) is 35.4. The monoisotopic (exact) mass is 698 g/mol. The van der Waals surface area contributed by atoms with E-state index in [1.165, 1.54) is 135 Å². The van der Waals surface area contributed by atoms with Crippen molar-refractivity contribution in [1.82, 2.24) is 5.32 Å². The van der Waals surface area contributed by atoms with E-state index in [1.807, 2.05) is 6.08 Å². The molecular formula is C41H79NO5S. The van der Waals surface area contributed by atoms with Crippen LogP contribution in [-0.2, 0) is 14.9 Å². The van der Waals surface area contributed by atoms with Gasteiger partial charge in [0.15, 0.2) is 0 Å². The highest BCUT2D eigenvalue weighted by atomic mass is 32.2. The number of hydrogen-bond acceptors (Lipinski definition) is 4. The molecule has 284 valence electrons. The molecule has 0 aromatic rings. The van der Waals surface area contributed by atoms with E-state index >= 15 is 0 Å². The van der Waals surface area contributed by atoms with Gasteiger partial charge < -0.3 is 10.4 Å². The Hall–Kier alpha value is -1.18. The van der Waals surface area contributed by atoms with Crippen molar-refractivity contribution >= 4 is 16.0 Å². The standard InChI is InChI=1S/C41H79NO5S/c1-3-5-7-9-11-13-15-17-18-19-20-21-22-23-25-26-28-30-32-34-36-40(43)39(38-48(45,46)47)42-41(44)37-35-33-31-29-27-24-16-14-12-10-8-6-4-2/h14,16,34,36,39-40,43H,3-13,15,17-33,35,37-38H2,1-2H3,(H,42,44)(H,45,46,47)/b16-14-,36-34+. The maximum Gasteiger partial charge on any atom is 0.267 e. The Balaban J connectivity index is 3.89. The zero-order valence-corrected chi connectivity index (χ0v) is 32.4. The van der Waals surface area contributed by atoms with E-state index in [9.17, 15) is 22.9 Å². The van der Waals surface area contributed by atoms with Crippen LogP contribution < -0.4 is 5.32 Å². The summed E-state index contributed by atoms with van der Waals surface area (Å²) in [5, 5.41) is 13.2. The minimum absolute atomic E-state index is 0.286. The van der Waals surface area contributed by atoms with Crippen LogP contribution in [0, 0.1) is 0 Å². The Morgan fingerprint density at radius 2 is 0.875 bits per heavy atom. The van der Waals surface area contributed by atoms with Crippen LogP contribution >= 0.6 is 0 Å². The van der Waals surface area contributed by atoms with E-state index in [0.29, 0.717) is 0 Å². The average Bonchev–Trinajstić information content (AvgIpc) is 3.05. The summed E-state index contributed by atoms with van der Waals surface area (Å²) < 4.78 is 32.4. The van der Waals surface area contributed by atoms with Crippen molar-refractivity contribution in [2.45, 2.75) is 225 Å². The fourth-order valence-electron chi connectivity index (χ4n) is 6.27. The first-order chi connectivity index (χ1) is 23.3. The Bertz CT molecular complexity index is 857. The Morgan fingerprint density at radius 3 is 1.27 bits per heavy atom. The van der Waals surface area contributed by atoms with Gasteiger partial charge in [-0.15, -0.1) is 0 Å². The predicted molar refractivity (Wildman–Crippen MR) is 207 cm³/mol. The summed E-state index contributed by atoms with van der Waals surface area (Å²) in [5.74, 6) is -0.985. The van der Waals surface area contributed by atoms with Crippen molar-refractivity contribution in [3.63, 3.8) is 0 Å². The van der Waals surface area contributed by atoms with Crippen LogP contribution in [0.15, 0.2) is 24.3 Å². The van der Waals surface area contributed by atoms with Crippen LogP contribution in [-0.4, -0.2) is 41.9 Å². The number of allylic oxidation sites excluding steroid dienone is 3. The van der Waals surface area contributed by atoms with E-state index in [2.05, 4.69) is 31.3 Å². The van der Waals surface area contributed by atoms with Crippen molar-refractivity contribution < 1.29 is 22.9 Å². The van der Waals surface area contributed by atoms with Crippen molar-refractivity contribution in [1.29, 1.82) is 0 Å². The lowest BCUT2D eigenvalue weighted by molar-refractivity contribution is -0.122. The summed E-state index contributed by atoms with van der Waals surface area (Å²) in [4.78, 5) is 12.5.